The van der Waals surface area contributed by atoms with Gasteiger partial charge in [0.05, 0.1) is 11.7 Å². The molecule has 0 fully saturated rings. The first-order valence-electron chi connectivity index (χ1n) is 11.5. The van der Waals surface area contributed by atoms with E-state index in [1.807, 2.05) is 36.5 Å². The number of halogens is 3. The quantitative estimate of drug-likeness (QED) is 0.414. The predicted octanol–water partition coefficient (Wildman–Crippen LogP) is 4.39. The van der Waals surface area contributed by atoms with Crippen molar-refractivity contribution in [3.8, 4) is 17.2 Å². The third-order valence-electron chi connectivity index (χ3n) is 6.38. The minimum Gasteiger partial charge on any atom is -0.454 e. The molecule has 6 rings (SSSR count). The lowest BCUT2D eigenvalue weighted by Gasteiger charge is -2.33. The summed E-state index contributed by atoms with van der Waals surface area (Å²) in [6.45, 7) is 0.262. The summed E-state index contributed by atoms with van der Waals surface area (Å²) in [7, 11) is 0. The van der Waals surface area contributed by atoms with Crippen molar-refractivity contribution >= 4 is 11.7 Å². The van der Waals surface area contributed by atoms with Gasteiger partial charge in [-0.15, -0.1) is 0 Å². The molecule has 2 atom stereocenters. The average molecular weight is 510 g/mol. The van der Waals surface area contributed by atoms with Crippen LogP contribution in [-0.2, 0) is 6.54 Å². The number of nitrogens with one attached hydrogen (secondary N) is 2. The highest BCUT2D eigenvalue weighted by Gasteiger charge is 2.47. The highest BCUT2D eigenvalue weighted by atomic mass is 19.4. The van der Waals surface area contributed by atoms with Gasteiger partial charge >= 0.3 is 6.18 Å². The number of carbonyl (C=O) groups is 1. The van der Waals surface area contributed by atoms with Gasteiger partial charge in [0.1, 0.15) is 5.82 Å². The monoisotopic (exact) mass is 510 g/mol. The molecule has 0 unspecified atom stereocenters. The maximum atomic E-state index is 14.0. The predicted molar refractivity (Wildman–Crippen MR) is 126 cm³/mol. The zero-order valence-electron chi connectivity index (χ0n) is 19.3. The van der Waals surface area contributed by atoms with Crippen LogP contribution in [0.25, 0.3) is 5.69 Å². The van der Waals surface area contributed by atoms with E-state index >= 15 is 0 Å². The summed E-state index contributed by atoms with van der Waals surface area (Å²) in [6.07, 6.45) is -1.35. The number of benzene rings is 2. The van der Waals surface area contributed by atoms with Crippen molar-refractivity contribution < 1.29 is 27.4 Å². The maximum Gasteiger partial charge on any atom is 0.410 e. The number of carbonyl (C=O) groups excluding carboxylic acids is 1. The van der Waals surface area contributed by atoms with Crippen LogP contribution in [0.3, 0.4) is 0 Å². The van der Waals surface area contributed by atoms with E-state index in [2.05, 4.69) is 20.8 Å². The Kier molecular flexibility index (Phi) is 5.50. The molecule has 4 heterocycles. The Labute approximate surface area is 208 Å². The summed E-state index contributed by atoms with van der Waals surface area (Å²) in [6, 6.07) is 13.1. The van der Waals surface area contributed by atoms with Gasteiger partial charge in [0.15, 0.2) is 23.2 Å². The summed E-state index contributed by atoms with van der Waals surface area (Å²) in [5.74, 6) is 0.581. The van der Waals surface area contributed by atoms with Crippen molar-refractivity contribution in [3.05, 3.63) is 83.8 Å². The van der Waals surface area contributed by atoms with E-state index in [-0.39, 0.29) is 31.3 Å². The number of hydrogen-bond donors (Lipinski definition) is 2. The summed E-state index contributed by atoms with van der Waals surface area (Å²) >= 11 is 0. The van der Waals surface area contributed by atoms with E-state index < -0.39 is 24.2 Å². The number of ether oxygens (including phenoxy) is 2. The fourth-order valence-corrected chi connectivity index (χ4v) is 4.49. The second-order valence-corrected chi connectivity index (χ2v) is 8.76. The lowest BCUT2D eigenvalue weighted by molar-refractivity contribution is -0.173. The summed E-state index contributed by atoms with van der Waals surface area (Å²) < 4.78 is 55.2. The topological polar surface area (TPSA) is 95.2 Å². The Morgan fingerprint density at radius 1 is 1.11 bits per heavy atom. The van der Waals surface area contributed by atoms with Crippen molar-refractivity contribution in [2.24, 2.45) is 0 Å². The third-order valence-corrected chi connectivity index (χ3v) is 6.38. The van der Waals surface area contributed by atoms with Crippen molar-refractivity contribution in [2.75, 3.05) is 12.1 Å². The van der Waals surface area contributed by atoms with Crippen molar-refractivity contribution in [2.45, 2.75) is 31.2 Å². The number of nitrogens with zero attached hydrogens (tertiary/aromatic N) is 4. The van der Waals surface area contributed by atoms with Crippen LogP contribution in [0.2, 0.25) is 0 Å². The van der Waals surface area contributed by atoms with Crippen LogP contribution in [0.15, 0.2) is 67.0 Å². The standard InChI is InChI=1S/C25H21F3N6O3/c26-25(27,28)22-11-18(16-4-7-20-21(10-16)37-14-36-20)31-23-12-19(32-34(22)23)24(35)29-13-15-2-5-17(6-3-15)33-9-1-8-30-33/h1-10,12,18,22,31H,11,13-14H2,(H,29,35)/t18-,22-/m0/s1. The van der Waals surface area contributed by atoms with Gasteiger partial charge in [-0.3, -0.25) is 4.79 Å². The molecule has 0 saturated heterocycles. The second-order valence-electron chi connectivity index (χ2n) is 8.76. The lowest BCUT2D eigenvalue weighted by atomic mass is 9.96. The van der Waals surface area contributed by atoms with Crippen molar-refractivity contribution in [1.82, 2.24) is 24.9 Å². The SMILES string of the molecule is O=C(NCc1ccc(-n2cccn2)cc1)c1cc2n(n1)[C@H](C(F)(F)F)C[C@@H](c1ccc3c(c1)OCO3)N2. The molecule has 2 N–H and O–H groups in total. The van der Waals surface area contributed by atoms with Crippen molar-refractivity contribution in [3.63, 3.8) is 0 Å². The number of rotatable bonds is 5. The van der Waals surface area contributed by atoms with Gasteiger partial charge in [0, 0.05) is 31.4 Å². The number of aromatic nitrogens is 4. The van der Waals surface area contributed by atoms with E-state index in [9.17, 15) is 18.0 Å². The first kappa shape index (κ1) is 23.0. The van der Waals surface area contributed by atoms with Crippen LogP contribution in [0.5, 0.6) is 11.5 Å². The Morgan fingerprint density at radius 3 is 2.68 bits per heavy atom. The zero-order valence-corrected chi connectivity index (χ0v) is 19.3. The van der Waals surface area contributed by atoms with Gasteiger partial charge in [-0.1, -0.05) is 18.2 Å². The molecule has 0 bridgehead atoms. The molecule has 0 aliphatic carbocycles. The average Bonchev–Trinajstić information content (AvgIpc) is 3.66. The minimum atomic E-state index is -4.55. The number of fused-ring (bicyclic) bond motifs is 2. The van der Waals surface area contributed by atoms with Gasteiger partial charge < -0.3 is 20.1 Å². The molecule has 2 aliphatic heterocycles. The molecule has 190 valence electrons. The molecule has 0 saturated carbocycles. The van der Waals surface area contributed by atoms with Gasteiger partial charge in [0.2, 0.25) is 6.79 Å². The molecule has 2 aromatic heterocycles. The van der Waals surface area contributed by atoms with Crippen molar-refractivity contribution in [1.29, 1.82) is 0 Å². The smallest absolute Gasteiger partial charge is 0.410 e. The molecule has 0 radical (unpaired) electrons. The normalized spacial score (nSPS) is 18.2. The third kappa shape index (κ3) is 4.46. The molecule has 9 nitrogen and oxygen atoms in total. The van der Waals surface area contributed by atoms with Gasteiger partial charge in [-0.25, -0.2) is 9.36 Å². The Balaban J connectivity index is 1.19. The molecule has 2 aliphatic rings. The number of alkyl halides is 3. The summed E-state index contributed by atoms with van der Waals surface area (Å²) in [5.41, 5.74) is 2.21. The van der Waals surface area contributed by atoms with Crippen LogP contribution < -0.4 is 20.1 Å². The molecular formula is C25H21F3N6O3. The fourth-order valence-electron chi connectivity index (χ4n) is 4.49. The van der Waals surface area contributed by atoms with Crippen LogP contribution >= 0.6 is 0 Å². The Bertz CT molecular complexity index is 1430. The lowest BCUT2D eigenvalue weighted by Crippen LogP contribution is -2.35. The van der Waals surface area contributed by atoms with E-state index in [1.165, 1.54) is 6.07 Å². The van der Waals surface area contributed by atoms with Gasteiger partial charge in [-0.2, -0.15) is 23.4 Å². The first-order valence-corrected chi connectivity index (χ1v) is 11.5. The highest BCUT2D eigenvalue weighted by molar-refractivity contribution is 5.93. The maximum absolute atomic E-state index is 14.0. The molecule has 1 amide bonds. The second kappa shape index (κ2) is 8.87. The largest absolute Gasteiger partial charge is 0.454 e. The van der Waals surface area contributed by atoms with Crippen LogP contribution in [0, 0.1) is 0 Å². The molecule has 12 heteroatoms. The molecule has 2 aromatic carbocycles. The molecule has 4 aromatic rings. The highest BCUT2D eigenvalue weighted by Crippen LogP contribution is 2.45. The Hall–Kier alpha value is -4.48. The van der Waals surface area contributed by atoms with E-state index in [0.717, 1.165) is 15.9 Å². The zero-order chi connectivity index (χ0) is 25.6. The molecule has 37 heavy (non-hydrogen) atoms. The summed E-state index contributed by atoms with van der Waals surface area (Å²) in [5, 5.41) is 14.0. The fraction of sp³-hybridized carbons (Fsp3) is 0.240. The van der Waals surface area contributed by atoms with Crippen LogP contribution in [0.1, 0.15) is 40.1 Å². The van der Waals surface area contributed by atoms with Crippen LogP contribution in [0.4, 0.5) is 19.0 Å². The van der Waals surface area contributed by atoms with Gasteiger partial charge in [0.25, 0.3) is 5.91 Å². The first-order chi connectivity index (χ1) is 17.8. The van der Waals surface area contributed by atoms with E-state index in [1.54, 1.807) is 29.1 Å². The molecule has 0 spiro atoms. The van der Waals surface area contributed by atoms with Crippen LogP contribution in [-0.4, -0.2) is 38.4 Å². The van der Waals surface area contributed by atoms with E-state index in [4.69, 9.17) is 9.47 Å². The summed E-state index contributed by atoms with van der Waals surface area (Å²) in [4.78, 5) is 12.8. The minimum absolute atomic E-state index is 0.0712. The van der Waals surface area contributed by atoms with E-state index in [0.29, 0.717) is 17.1 Å². The Morgan fingerprint density at radius 2 is 1.92 bits per heavy atom. The number of amides is 1. The number of anilines is 1. The number of hydrogen-bond acceptors (Lipinski definition) is 6. The molecular weight excluding hydrogens is 489 g/mol. The van der Waals surface area contributed by atoms with Gasteiger partial charge in [-0.05, 0) is 41.5 Å².